The van der Waals surface area contributed by atoms with E-state index >= 15 is 0 Å². The van der Waals surface area contributed by atoms with Gasteiger partial charge in [0, 0.05) is 12.8 Å². The molecule has 2 unspecified atom stereocenters. The Balaban J connectivity index is 0. The second-order valence-electron chi connectivity index (χ2n) is 13.0. The van der Waals surface area contributed by atoms with Crippen molar-refractivity contribution in [3.05, 3.63) is 0 Å². The Morgan fingerprint density at radius 2 is 0.795 bits per heavy atom. The first-order valence-electron chi connectivity index (χ1n) is 19.0. The van der Waals surface area contributed by atoms with Gasteiger partial charge in [-0.2, -0.15) is 0 Å². The molecule has 2 N–H and O–H groups in total. The molecular weight excluding hydrogens is 552 g/mol. The Kier molecular flexibility index (Phi) is 38.9. The molecule has 6 heteroatoms. The number of unbranched alkanes of at least 4 members (excludes halogenated alkanes) is 24. The third kappa shape index (κ3) is 40.9. The fourth-order valence-electron chi connectivity index (χ4n) is 5.18. The lowest BCUT2D eigenvalue weighted by molar-refractivity contribution is -0.150. The van der Waals surface area contributed by atoms with Gasteiger partial charge in [0.2, 0.25) is 0 Å². The smallest absolute Gasteiger partial charge is 0.306 e. The van der Waals surface area contributed by atoms with E-state index in [0.29, 0.717) is 12.8 Å². The van der Waals surface area contributed by atoms with Gasteiger partial charge < -0.3 is 19.7 Å². The minimum absolute atomic E-state index is 0.0929. The van der Waals surface area contributed by atoms with Crippen LogP contribution < -0.4 is 0 Å². The molecule has 0 saturated carbocycles. The molecule has 0 aromatic rings. The highest BCUT2D eigenvalue weighted by molar-refractivity contribution is 5.69. The van der Waals surface area contributed by atoms with Gasteiger partial charge in [0.05, 0.1) is 12.7 Å². The lowest BCUT2D eigenvalue weighted by Gasteiger charge is -2.09. The molecular formula is C38H76O6. The summed E-state index contributed by atoms with van der Waals surface area (Å²) >= 11 is 0. The number of carbonyl (C=O) groups excluding carboxylic acids is 2. The summed E-state index contributed by atoms with van der Waals surface area (Å²) in [6.07, 6.45) is 34.0. The van der Waals surface area contributed by atoms with Gasteiger partial charge >= 0.3 is 11.9 Å². The van der Waals surface area contributed by atoms with Crippen LogP contribution in [0, 0.1) is 0 Å². The van der Waals surface area contributed by atoms with Crippen molar-refractivity contribution in [3.8, 4) is 0 Å². The molecule has 0 rings (SSSR count). The van der Waals surface area contributed by atoms with E-state index < -0.39 is 6.10 Å². The summed E-state index contributed by atoms with van der Waals surface area (Å²) in [5.41, 5.74) is 0. The van der Waals surface area contributed by atoms with Gasteiger partial charge in [-0.15, -0.1) is 0 Å². The number of ether oxygens (including phenoxy) is 2. The summed E-state index contributed by atoms with van der Waals surface area (Å²) in [5, 5.41) is 17.8. The molecule has 0 radical (unpaired) electrons. The molecule has 6 nitrogen and oxygen atoms in total. The maximum atomic E-state index is 11.4. The van der Waals surface area contributed by atoms with Crippen LogP contribution in [0.5, 0.6) is 0 Å². The summed E-state index contributed by atoms with van der Waals surface area (Å²) < 4.78 is 9.94. The zero-order valence-corrected chi connectivity index (χ0v) is 29.9. The lowest BCUT2D eigenvalue weighted by atomic mass is 10.0. The van der Waals surface area contributed by atoms with E-state index in [2.05, 4.69) is 13.8 Å². The molecule has 0 spiro atoms. The molecule has 0 aromatic heterocycles. The predicted octanol–water partition coefficient (Wildman–Crippen LogP) is 10.8. The van der Waals surface area contributed by atoms with Gasteiger partial charge in [-0.25, -0.2) is 0 Å². The van der Waals surface area contributed by atoms with Gasteiger partial charge in [-0.3, -0.25) is 9.59 Å². The van der Waals surface area contributed by atoms with Gasteiger partial charge in [0.15, 0.2) is 0 Å². The molecule has 0 aromatic carbocycles. The lowest BCUT2D eigenvalue weighted by Crippen LogP contribution is -2.18. The number of aliphatic hydroxyl groups excluding tert-OH is 2. The predicted molar refractivity (Wildman–Crippen MR) is 186 cm³/mol. The number of carbonyl (C=O) groups is 2. The van der Waals surface area contributed by atoms with Gasteiger partial charge in [0.25, 0.3) is 0 Å². The monoisotopic (exact) mass is 629 g/mol. The molecule has 0 saturated heterocycles. The Morgan fingerprint density at radius 1 is 0.500 bits per heavy atom. The highest BCUT2D eigenvalue weighted by Crippen LogP contribution is 2.14. The second-order valence-corrected chi connectivity index (χ2v) is 13.0. The van der Waals surface area contributed by atoms with E-state index in [1.54, 1.807) is 13.8 Å². The van der Waals surface area contributed by atoms with E-state index in [-0.39, 0.29) is 31.3 Å². The largest absolute Gasteiger partial charge is 0.463 e. The van der Waals surface area contributed by atoms with E-state index in [1.807, 2.05) is 0 Å². The molecule has 0 aliphatic carbocycles. The zero-order chi connectivity index (χ0) is 32.9. The molecule has 44 heavy (non-hydrogen) atoms. The molecule has 0 bridgehead atoms. The first-order chi connectivity index (χ1) is 21.4. The van der Waals surface area contributed by atoms with E-state index in [4.69, 9.17) is 19.7 Å². The molecule has 0 aliphatic rings. The van der Waals surface area contributed by atoms with E-state index in [0.717, 1.165) is 25.7 Å². The molecule has 2 atom stereocenters. The number of hydrogen-bond acceptors (Lipinski definition) is 6. The highest BCUT2D eigenvalue weighted by atomic mass is 16.6. The summed E-state index contributed by atoms with van der Waals surface area (Å²) in [6, 6.07) is 0. The van der Waals surface area contributed by atoms with Gasteiger partial charge in [-0.1, -0.05) is 168 Å². The van der Waals surface area contributed by atoms with Crippen molar-refractivity contribution in [1.82, 2.24) is 0 Å². The Labute approximate surface area is 273 Å². The number of esters is 2. The summed E-state index contributed by atoms with van der Waals surface area (Å²) in [5.74, 6) is -0.353. The minimum Gasteiger partial charge on any atom is -0.463 e. The van der Waals surface area contributed by atoms with Crippen LogP contribution >= 0.6 is 0 Å². The topological polar surface area (TPSA) is 93.1 Å². The van der Waals surface area contributed by atoms with Crippen LogP contribution in [0.15, 0.2) is 0 Å². The third-order valence-corrected chi connectivity index (χ3v) is 8.04. The maximum absolute atomic E-state index is 11.4. The molecule has 0 fully saturated rings. The fourth-order valence-corrected chi connectivity index (χ4v) is 5.18. The third-order valence-electron chi connectivity index (χ3n) is 8.04. The first kappa shape index (κ1) is 45.0. The number of aliphatic hydroxyl groups is 2. The maximum Gasteiger partial charge on any atom is 0.306 e. The van der Waals surface area contributed by atoms with Gasteiger partial charge in [0.1, 0.15) is 12.7 Å². The highest BCUT2D eigenvalue weighted by Gasteiger charge is 2.07. The summed E-state index contributed by atoms with van der Waals surface area (Å²) in [7, 11) is 0. The number of rotatable bonds is 32. The minimum atomic E-state index is -0.560. The Hall–Kier alpha value is -1.14. The quantitative estimate of drug-likeness (QED) is 0.0568. The van der Waals surface area contributed by atoms with Crippen LogP contribution in [0.25, 0.3) is 0 Å². The average Bonchev–Trinajstić information content (AvgIpc) is 3.01. The molecule has 0 amide bonds. The van der Waals surface area contributed by atoms with Crippen LogP contribution in [-0.2, 0) is 19.1 Å². The Morgan fingerprint density at radius 3 is 1.09 bits per heavy atom. The van der Waals surface area contributed by atoms with Crippen molar-refractivity contribution in [1.29, 1.82) is 0 Å². The van der Waals surface area contributed by atoms with Crippen LogP contribution in [0.4, 0.5) is 0 Å². The van der Waals surface area contributed by atoms with Crippen molar-refractivity contribution in [2.75, 3.05) is 13.2 Å². The Bertz CT molecular complexity index is 580. The SMILES string of the molecule is CCCCCCCCCCCCCCCC(=O)OC(C)CO.CCCCCCCCCCCCCCCC(=O)OCC(C)O. The first-order valence-corrected chi connectivity index (χ1v) is 19.0. The van der Waals surface area contributed by atoms with E-state index in [9.17, 15) is 9.59 Å². The second kappa shape index (κ2) is 38.0. The van der Waals surface area contributed by atoms with Crippen LogP contribution in [0.2, 0.25) is 0 Å². The molecule has 0 aliphatic heterocycles. The van der Waals surface area contributed by atoms with Crippen LogP contribution in [0.1, 0.15) is 207 Å². The van der Waals surface area contributed by atoms with Gasteiger partial charge in [-0.05, 0) is 26.7 Å². The fraction of sp³-hybridized carbons (Fsp3) is 0.947. The number of hydrogen-bond donors (Lipinski definition) is 2. The van der Waals surface area contributed by atoms with Crippen molar-refractivity contribution in [2.24, 2.45) is 0 Å². The van der Waals surface area contributed by atoms with Crippen molar-refractivity contribution in [2.45, 2.75) is 220 Å². The normalized spacial score (nSPS) is 12.3. The van der Waals surface area contributed by atoms with Crippen LogP contribution in [-0.4, -0.2) is 47.6 Å². The van der Waals surface area contributed by atoms with Crippen molar-refractivity contribution in [3.63, 3.8) is 0 Å². The molecule has 264 valence electrons. The van der Waals surface area contributed by atoms with E-state index in [1.165, 1.54) is 141 Å². The standard InChI is InChI=1S/2C19H38O3/c1-3-4-5-6-7-8-9-10-11-12-13-14-15-16-19(21)22-17-18(2)20;1-3-4-5-6-7-8-9-10-11-12-13-14-15-16-19(21)22-18(2)17-20/h2*18,20H,3-17H2,1-2H3. The molecule has 0 heterocycles. The van der Waals surface area contributed by atoms with Crippen LogP contribution in [0.3, 0.4) is 0 Å². The zero-order valence-electron chi connectivity index (χ0n) is 29.9. The average molecular weight is 629 g/mol. The summed E-state index contributed by atoms with van der Waals surface area (Å²) in [6.45, 7) is 7.89. The van der Waals surface area contributed by atoms with Crippen molar-refractivity contribution >= 4 is 11.9 Å². The summed E-state index contributed by atoms with van der Waals surface area (Å²) in [4.78, 5) is 22.7. The van der Waals surface area contributed by atoms with Crippen molar-refractivity contribution < 1.29 is 29.3 Å².